The first kappa shape index (κ1) is 20.3. The van der Waals surface area contributed by atoms with Gasteiger partial charge in [-0.25, -0.2) is 0 Å². The van der Waals surface area contributed by atoms with Crippen molar-refractivity contribution in [2.24, 2.45) is 0 Å². The number of hydrogen-bond acceptors (Lipinski definition) is 5. The molecule has 0 spiro atoms. The lowest BCUT2D eigenvalue weighted by atomic mass is 10.1. The van der Waals surface area contributed by atoms with Crippen LogP contribution in [-0.4, -0.2) is 33.2 Å². The lowest BCUT2D eigenvalue weighted by molar-refractivity contribution is -0.118. The number of benzene rings is 3. The zero-order valence-corrected chi connectivity index (χ0v) is 17.6. The lowest BCUT2D eigenvalue weighted by Gasteiger charge is -2.17. The van der Waals surface area contributed by atoms with Crippen molar-refractivity contribution in [1.82, 2.24) is 20.2 Å². The Hall–Kier alpha value is -4.00. The van der Waals surface area contributed by atoms with Gasteiger partial charge in [0.2, 0.25) is 5.82 Å². The first-order valence-corrected chi connectivity index (χ1v) is 9.92. The van der Waals surface area contributed by atoms with Crippen LogP contribution in [0.3, 0.4) is 0 Å². The highest BCUT2D eigenvalue weighted by atomic mass is 16.5. The van der Waals surface area contributed by atoms with E-state index in [4.69, 9.17) is 4.74 Å². The molecule has 0 aliphatic rings. The average molecular weight is 413 g/mol. The minimum atomic E-state index is -0.770. The maximum Gasteiger partial charge on any atom is 0.255 e. The summed E-state index contributed by atoms with van der Waals surface area (Å²) in [6.45, 7) is 3.95. The summed E-state index contributed by atoms with van der Waals surface area (Å²) in [5.41, 5.74) is 4.33. The standard InChI is InChI=1S/C24H23N5O2/c1-16-12-13-17(2)21(14-16)25-24(30)22(18-8-5-4-6-9-18)29-27-23(26-28-29)19-10-7-11-20(15-19)31-3/h4-15,22H,1-3H3,(H,25,30)/t22-/m1/s1. The number of methoxy groups -OCH3 is 1. The fourth-order valence-electron chi connectivity index (χ4n) is 3.31. The molecule has 1 N–H and O–H groups in total. The molecule has 1 heterocycles. The van der Waals surface area contributed by atoms with Crippen molar-refractivity contribution in [3.8, 4) is 17.1 Å². The second-order valence-electron chi connectivity index (χ2n) is 7.29. The van der Waals surface area contributed by atoms with E-state index in [0.29, 0.717) is 11.6 Å². The molecule has 0 aliphatic heterocycles. The molecule has 0 saturated carbocycles. The normalized spacial score (nSPS) is 11.7. The summed E-state index contributed by atoms with van der Waals surface area (Å²) < 4.78 is 5.28. The van der Waals surface area contributed by atoms with E-state index in [1.54, 1.807) is 7.11 Å². The molecule has 1 amide bonds. The molecule has 1 aromatic heterocycles. The van der Waals surface area contributed by atoms with Crippen LogP contribution in [0.25, 0.3) is 11.4 Å². The van der Waals surface area contributed by atoms with Gasteiger partial charge < -0.3 is 10.1 Å². The van der Waals surface area contributed by atoms with Gasteiger partial charge in [0, 0.05) is 11.3 Å². The molecule has 31 heavy (non-hydrogen) atoms. The van der Waals surface area contributed by atoms with Gasteiger partial charge in [-0.1, -0.05) is 54.6 Å². The summed E-state index contributed by atoms with van der Waals surface area (Å²) in [5, 5.41) is 15.9. The van der Waals surface area contributed by atoms with Crippen LogP contribution in [0.2, 0.25) is 0 Å². The monoisotopic (exact) mass is 413 g/mol. The smallest absolute Gasteiger partial charge is 0.255 e. The largest absolute Gasteiger partial charge is 0.497 e. The average Bonchev–Trinajstić information content (AvgIpc) is 3.27. The first-order chi connectivity index (χ1) is 15.0. The highest BCUT2D eigenvalue weighted by molar-refractivity contribution is 5.96. The van der Waals surface area contributed by atoms with Crippen molar-refractivity contribution in [3.05, 3.63) is 89.5 Å². The van der Waals surface area contributed by atoms with Crippen molar-refractivity contribution in [2.75, 3.05) is 12.4 Å². The Balaban J connectivity index is 1.70. The zero-order valence-electron chi connectivity index (χ0n) is 17.6. The fourth-order valence-corrected chi connectivity index (χ4v) is 3.31. The highest BCUT2D eigenvalue weighted by Crippen LogP contribution is 2.24. The molecule has 4 rings (SSSR count). The van der Waals surface area contributed by atoms with Crippen molar-refractivity contribution < 1.29 is 9.53 Å². The van der Waals surface area contributed by atoms with Crippen LogP contribution < -0.4 is 10.1 Å². The third-order valence-corrected chi connectivity index (χ3v) is 5.00. The van der Waals surface area contributed by atoms with Crippen molar-refractivity contribution in [2.45, 2.75) is 19.9 Å². The molecule has 0 saturated heterocycles. The van der Waals surface area contributed by atoms with Crippen LogP contribution in [-0.2, 0) is 4.79 Å². The number of hydrogen-bond donors (Lipinski definition) is 1. The number of nitrogens with one attached hydrogen (secondary N) is 1. The van der Waals surface area contributed by atoms with E-state index >= 15 is 0 Å². The molecule has 0 fully saturated rings. The Labute approximate surface area is 180 Å². The van der Waals surface area contributed by atoms with E-state index in [9.17, 15) is 4.79 Å². The van der Waals surface area contributed by atoms with Crippen molar-refractivity contribution >= 4 is 11.6 Å². The van der Waals surface area contributed by atoms with Gasteiger partial charge >= 0.3 is 0 Å². The third-order valence-electron chi connectivity index (χ3n) is 5.00. The molecular weight excluding hydrogens is 390 g/mol. The Kier molecular flexibility index (Phi) is 5.75. The Morgan fingerprint density at radius 1 is 1.00 bits per heavy atom. The van der Waals surface area contributed by atoms with Crippen molar-refractivity contribution in [1.29, 1.82) is 0 Å². The summed E-state index contributed by atoms with van der Waals surface area (Å²) in [5.74, 6) is 0.870. The summed E-state index contributed by atoms with van der Waals surface area (Å²) >= 11 is 0. The number of nitrogens with zero attached hydrogens (tertiary/aromatic N) is 4. The fraction of sp³-hybridized carbons (Fsp3) is 0.167. The quantitative estimate of drug-likeness (QED) is 0.512. The number of aryl methyl sites for hydroxylation is 2. The van der Waals surface area contributed by atoms with Gasteiger partial charge in [-0.15, -0.1) is 15.0 Å². The minimum absolute atomic E-state index is 0.241. The summed E-state index contributed by atoms with van der Waals surface area (Å²) in [7, 11) is 1.60. The molecule has 156 valence electrons. The second kappa shape index (κ2) is 8.79. The van der Waals surface area contributed by atoms with Crippen LogP contribution in [0.4, 0.5) is 5.69 Å². The predicted molar refractivity (Wildman–Crippen MR) is 119 cm³/mol. The van der Waals surface area contributed by atoms with E-state index in [-0.39, 0.29) is 5.91 Å². The number of carbonyl (C=O) groups excluding carboxylic acids is 1. The Morgan fingerprint density at radius 2 is 1.81 bits per heavy atom. The Bertz CT molecular complexity index is 1200. The molecular formula is C24H23N5O2. The molecule has 4 aromatic rings. The maximum atomic E-state index is 13.4. The van der Waals surface area contributed by atoms with E-state index in [0.717, 1.165) is 27.9 Å². The van der Waals surface area contributed by atoms with Gasteiger partial charge in [0.1, 0.15) is 5.75 Å². The van der Waals surface area contributed by atoms with Gasteiger partial charge in [-0.3, -0.25) is 4.79 Å². The van der Waals surface area contributed by atoms with Gasteiger partial charge in [0.15, 0.2) is 6.04 Å². The van der Waals surface area contributed by atoms with Crippen LogP contribution in [0.5, 0.6) is 5.75 Å². The first-order valence-electron chi connectivity index (χ1n) is 9.92. The van der Waals surface area contributed by atoms with E-state index in [1.807, 2.05) is 86.6 Å². The number of amides is 1. The van der Waals surface area contributed by atoms with Crippen LogP contribution in [0.15, 0.2) is 72.8 Å². The third kappa shape index (κ3) is 4.45. The topological polar surface area (TPSA) is 81.9 Å². The molecule has 0 unspecified atom stereocenters. The minimum Gasteiger partial charge on any atom is -0.497 e. The van der Waals surface area contributed by atoms with E-state index in [2.05, 4.69) is 20.7 Å². The molecule has 0 aliphatic carbocycles. The van der Waals surface area contributed by atoms with Gasteiger partial charge in [-0.05, 0) is 54.0 Å². The van der Waals surface area contributed by atoms with Gasteiger partial charge in [0.05, 0.1) is 7.11 Å². The molecule has 3 aromatic carbocycles. The maximum absolute atomic E-state index is 13.4. The van der Waals surface area contributed by atoms with Crippen LogP contribution in [0.1, 0.15) is 22.7 Å². The predicted octanol–water partition coefficient (Wildman–Crippen LogP) is 4.19. The number of tetrazole rings is 1. The molecule has 1 atom stereocenters. The SMILES string of the molecule is COc1cccc(-c2nnn([C@@H](C(=O)Nc3cc(C)ccc3C)c3ccccc3)n2)c1. The highest BCUT2D eigenvalue weighted by Gasteiger charge is 2.26. The number of anilines is 1. The number of rotatable bonds is 6. The molecule has 7 heteroatoms. The second-order valence-corrected chi connectivity index (χ2v) is 7.29. The summed E-state index contributed by atoms with van der Waals surface area (Å²) in [6, 6.07) is 22.0. The number of ether oxygens (including phenoxy) is 1. The van der Waals surface area contributed by atoms with Crippen LogP contribution >= 0.6 is 0 Å². The number of aromatic nitrogens is 4. The van der Waals surface area contributed by atoms with Gasteiger partial charge in [-0.2, -0.15) is 0 Å². The number of carbonyl (C=O) groups is 1. The molecule has 0 radical (unpaired) electrons. The summed E-state index contributed by atoms with van der Waals surface area (Å²) in [4.78, 5) is 14.7. The molecule has 0 bridgehead atoms. The lowest BCUT2D eigenvalue weighted by Crippen LogP contribution is -2.29. The van der Waals surface area contributed by atoms with Crippen molar-refractivity contribution in [3.63, 3.8) is 0 Å². The van der Waals surface area contributed by atoms with Crippen LogP contribution in [0, 0.1) is 13.8 Å². The zero-order chi connectivity index (χ0) is 21.8. The van der Waals surface area contributed by atoms with E-state index in [1.165, 1.54) is 4.80 Å². The van der Waals surface area contributed by atoms with E-state index < -0.39 is 6.04 Å². The molecule has 7 nitrogen and oxygen atoms in total. The Morgan fingerprint density at radius 3 is 2.58 bits per heavy atom. The summed E-state index contributed by atoms with van der Waals surface area (Å²) in [6.07, 6.45) is 0. The van der Waals surface area contributed by atoms with Gasteiger partial charge in [0.25, 0.3) is 5.91 Å².